The number of aryl methyl sites for hydroxylation is 1. The maximum absolute atomic E-state index is 14.4. The van der Waals surface area contributed by atoms with Gasteiger partial charge in [-0.1, -0.05) is 54.6 Å². The first-order chi connectivity index (χ1) is 35.3. The highest BCUT2D eigenvalue weighted by molar-refractivity contribution is 7.13. The number of aromatic nitrogens is 5. The van der Waals surface area contributed by atoms with Crippen LogP contribution in [0.4, 0.5) is 21.0 Å². The van der Waals surface area contributed by atoms with Crippen LogP contribution in [-0.2, 0) is 19.1 Å². The van der Waals surface area contributed by atoms with Gasteiger partial charge in [0, 0.05) is 101 Å². The Hall–Kier alpha value is -7.17. The lowest BCUT2D eigenvalue weighted by Gasteiger charge is -2.35. The van der Waals surface area contributed by atoms with Gasteiger partial charge in [0.15, 0.2) is 0 Å². The van der Waals surface area contributed by atoms with Crippen molar-refractivity contribution in [1.82, 2.24) is 50.1 Å². The van der Waals surface area contributed by atoms with Crippen molar-refractivity contribution in [3.63, 3.8) is 0 Å². The lowest BCUT2D eigenvalue weighted by atomic mass is 9.94. The predicted octanol–water partition coefficient (Wildman–Crippen LogP) is 4.26. The highest BCUT2D eigenvalue weighted by Gasteiger charge is 2.40. The van der Waals surface area contributed by atoms with Crippen molar-refractivity contribution in [1.29, 1.82) is 0 Å². The molecule has 0 bridgehead atoms. The second kappa shape index (κ2) is 22.7. The monoisotopic (exact) mass is 1010 g/mol. The molecule has 3 aliphatic rings. The number of hydrogen-bond donors (Lipinski definition) is 5. The first-order valence-electron chi connectivity index (χ1n) is 24.4. The van der Waals surface area contributed by atoms with Gasteiger partial charge >= 0.3 is 6.03 Å². The first-order valence-corrected chi connectivity index (χ1v) is 25.3. The lowest BCUT2D eigenvalue weighted by Crippen LogP contribution is -2.51. The summed E-state index contributed by atoms with van der Waals surface area (Å²) >= 11 is 1.54. The van der Waals surface area contributed by atoms with Crippen LogP contribution in [0.15, 0.2) is 96.8 Å². The summed E-state index contributed by atoms with van der Waals surface area (Å²) in [5.41, 5.74) is 13.7. The number of ether oxygens (including phenoxy) is 1. The minimum absolute atomic E-state index is 0.0575. The van der Waals surface area contributed by atoms with E-state index in [2.05, 4.69) is 25.8 Å². The number of methoxy groups -OCH3 is 1. The molecule has 5 amide bonds. The van der Waals surface area contributed by atoms with Crippen molar-refractivity contribution in [2.45, 2.75) is 56.8 Å². The molecular formula is C52H60FN13O6S. The number of hydrogen-bond acceptors (Lipinski definition) is 14. The number of aliphatic hydroxyl groups is 1. The Morgan fingerprint density at radius 2 is 1.67 bits per heavy atom. The average Bonchev–Trinajstić information content (AvgIpc) is 4.20. The highest BCUT2D eigenvalue weighted by atomic mass is 32.1. The molecular weight excluding hydrogens is 954 g/mol. The Balaban J connectivity index is 0.819. The van der Waals surface area contributed by atoms with Gasteiger partial charge in [0.1, 0.15) is 17.3 Å². The van der Waals surface area contributed by atoms with E-state index in [1.165, 1.54) is 23.5 Å². The van der Waals surface area contributed by atoms with Crippen LogP contribution in [0.2, 0.25) is 0 Å². The number of anilines is 2. The summed E-state index contributed by atoms with van der Waals surface area (Å²) in [6, 6.07) is 21.7. The molecule has 2 unspecified atom stereocenters. The van der Waals surface area contributed by atoms with Gasteiger partial charge < -0.3 is 36.0 Å². The van der Waals surface area contributed by atoms with Crippen LogP contribution in [0.1, 0.15) is 47.2 Å². The number of primary amides is 1. The minimum Gasteiger partial charge on any atom is -0.392 e. The molecule has 0 radical (unpaired) electrons. The average molecular weight is 1010 g/mol. The van der Waals surface area contributed by atoms with Gasteiger partial charge in [0.05, 0.1) is 53.1 Å². The summed E-state index contributed by atoms with van der Waals surface area (Å²) in [4.78, 5) is 75.9. The van der Waals surface area contributed by atoms with Crippen LogP contribution in [0, 0.1) is 19.7 Å². The van der Waals surface area contributed by atoms with Gasteiger partial charge in [-0.3, -0.25) is 29.5 Å². The number of urea groups is 1. The molecule has 3 aliphatic heterocycles. The first kappa shape index (κ1) is 50.8. The molecule has 5 atom stereocenters. The molecule has 0 aliphatic carbocycles. The third kappa shape index (κ3) is 11.7. The molecule has 21 heteroatoms. The number of aliphatic hydroxyl groups excluding tert-OH is 1. The Kier molecular flexibility index (Phi) is 15.8. The number of nitrogens with two attached hydrogens (primary N) is 1. The van der Waals surface area contributed by atoms with E-state index in [-0.39, 0.29) is 55.5 Å². The number of nitrogens with one attached hydrogen (secondary N) is 3. The molecule has 0 saturated carbocycles. The summed E-state index contributed by atoms with van der Waals surface area (Å²) < 4.78 is 21.4. The molecule has 6 N–H and O–H groups in total. The smallest absolute Gasteiger partial charge is 0.320 e. The molecule has 6 aromatic rings. The third-order valence-electron chi connectivity index (χ3n) is 13.9. The van der Waals surface area contributed by atoms with Crippen LogP contribution in [0.5, 0.6) is 0 Å². The fraction of sp³-hybridized carbons (Fsp3) is 0.385. The number of nitrogens with zero attached hydrogens (tertiary/aromatic N) is 9. The highest BCUT2D eigenvalue weighted by Crippen LogP contribution is 2.36. The molecule has 3 aromatic carbocycles. The number of para-hydroxylation sites is 1. The number of likely N-dealkylation sites (tertiary alicyclic amines) is 2. The molecule has 0 spiro atoms. The number of β-amino-alcohol motifs (C(OH)–C–C–N with tert-alkyl or cyclic N) is 1. The summed E-state index contributed by atoms with van der Waals surface area (Å²) in [6.07, 6.45) is 2.73. The maximum Gasteiger partial charge on any atom is 0.320 e. The number of amides is 5. The summed E-state index contributed by atoms with van der Waals surface area (Å²) in [6.45, 7) is 7.87. The van der Waals surface area contributed by atoms with E-state index in [1.807, 2.05) is 79.4 Å². The van der Waals surface area contributed by atoms with Crippen molar-refractivity contribution >= 4 is 46.9 Å². The SMILES string of the molecule is COCCN1C[C@@H](NC(=O)Nc2c(C)c(-c3cnc(N4CCN(C(=O)CNC(=O)C[C@@H](c5ccc(-c6scnc6C)cc5)N5CC(O)CC5C(N)=O)CC4)nc3)nn2-c2ccccc2)[C@H](c2cccc(F)c2)C1. The normalized spacial score (nSPS) is 19.7. The molecule has 9 rings (SSSR count). The molecule has 73 heavy (non-hydrogen) atoms. The predicted molar refractivity (Wildman–Crippen MR) is 274 cm³/mol. The molecule has 382 valence electrons. The van der Waals surface area contributed by atoms with Crippen LogP contribution < -0.4 is 26.6 Å². The Labute approximate surface area is 426 Å². The Morgan fingerprint density at radius 3 is 2.36 bits per heavy atom. The third-order valence-corrected chi connectivity index (χ3v) is 14.9. The van der Waals surface area contributed by atoms with E-state index in [9.17, 15) is 28.7 Å². The van der Waals surface area contributed by atoms with Gasteiger partial charge in [-0.15, -0.1) is 11.3 Å². The van der Waals surface area contributed by atoms with E-state index in [0.29, 0.717) is 81.0 Å². The van der Waals surface area contributed by atoms with Crippen LogP contribution in [-0.4, -0.2) is 159 Å². The molecule has 19 nitrogen and oxygen atoms in total. The number of benzene rings is 3. The Morgan fingerprint density at radius 1 is 0.918 bits per heavy atom. The van der Waals surface area contributed by atoms with Crippen LogP contribution in [0.3, 0.4) is 0 Å². The van der Waals surface area contributed by atoms with Gasteiger partial charge in [0.2, 0.25) is 23.7 Å². The molecule has 6 heterocycles. The number of thiazole rings is 1. The number of halogens is 1. The summed E-state index contributed by atoms with van der Waals surface area (Å²) in [5.74, 6) is -0.713. The standard InChI is InChI=1S/C52H60FN13O6S/c1-32-47(61-66(39-10-5-4-6-11-39)50(32)60-52(71)59-42-30-62(20-21-72-3)29-41(42)36-8-7-9-38(53)22-36)37-25-56-51(57-26-37)64-18-16-63(17-19-64)46(69)27-55-45(68)24-43(65-28-40(67)23-44(65)49(54)70)34-12-14-35(15-13-34)48-33(2)58-31-73-48/h4-15,22,25-26,31,40-44,67H,16-21,23-24,27-30H2,1-3H3,(H2,54,70)(H,55,68)(H2,59,60,71)/t40?,41-,42+,43-,44?/m0/s1. The lowest BCUT2D eigenvalue weighted by molar-refractivity contribution is -0.133. The zero-order chi connectivity index (χ0) is 51.2. The van der Waals surface area contributed by atoms with Crippen molar-refractivity contribution in [3.05, 3.63) is 125 Å². The van der Waals surface area contributed by atoms with Crippen LogP contribution >= 0.6 is 11.3 Å². The van der Waals surface area contributed by atoms with Gasteiger partial charge in [-0.2, -0.15) is 5.10 Å². The number of rotatable bonds is 17. The Bertz CT molecular complexity index is 2900. The second-order valence-electron chi connectivity index (χ2n) is 18.7. The van der Waals surface area contributed by atoms with Crippen molar-refractivity contribution in [3.8, 4) is 27.4 Å². The van der Waals surface area contributed by atoms with Crippen molar-refractivity contribution in [2.75, 3.05) is 82.8 Å². The van der Waals surface area contributed by atoms with Gasteiger partial charge in [0.25, 0.3) is 0 Å². The van der Waals surface area contributed by atoms with Crippen LogP contribution in [0.25, 0.3) is 27.4 Å². The number of carbonyl (C=O) groups excluding carboxylic acids is 4. The zero-order valence-electron chi connectivity index (χ0n) is 41.0. The van der Waals surface area contributed by atoms with E-state index in [4.69, 9.17) is 25.5 Å². The number of piperazine rings is 1. The van der Waals surface area contributed by atoms with E-state index < -0.39 is 30.1 Å². The maximum atomic E-state index is 14.4. The quantitative estimate of drug-likeness (QED) is 0.0862. The van der Waals surface area contributed by atoms with E-state index in [1.54, 1.807) is 45.6 Å². The van der Waals surface area contributed by atoms with E-state index in [0.717, 1.165) is 32.9 Å². The minimum atomic E-state index is -0.774. The largest absolute Gasteiger partial charge is 0.392 e. The summed E-state index contributed by atoms with van der Waals surface area (Å²) in [7, 11) is 1.65. The molecule has 3 aromatic heterocycles. The molecule has 3 saturated heterocycles. The van der Waals surface area contributed by atoms with Gasteiger partial charge in [-0.25, -0.2) is 28.8 Å². The fourth-order valence-corrected chi connectivity index (χ4v) is 10.9. The number of carbonyl (C=O) groups is 4. The topological polar surface area (TPSA) is 229 Å². The second-order valence-corrected chi connectivity index (χ2v) is 19.6. The molecule has 3 fully saturated rings. The summed E-state index contributed by atoms with van der Waals surface area (Å²) in [5, 5.41) is 24.5. The van der Waals surface area contributed by atoms with Gasteiger partial charge in [-0.05, 0) is 61.2 Å². The zero-order valence-corrected chi connectivity index (χ0v) is 41.8. The van der Waals surface area contributed by atoms with Crippen molar-refractivity contribution in [2.24, 2.45) is 5.73 Å². The van der Waals surface area contributed by atoms with Crippen molar-refractivity contribution < 1.29 is 33.4 Å². The fourth-order valence-electron chi connectivity index (χ4n) is 10.1. The van der Waals surface area contributed by atoms with E-state index >= 15 is 0 Å².